The molecular formula is C22H27N5O2. The van der Waals surface area contributed by atoms with Gasteiger partial charge in [0.2, 0.25) is 0 Å². The minimum atomic E-state index is -0.139. The molecule has 1 fully saturated rings. The summed E-state index contributed by atoms with van der Waals surface area (Å²) >= 11 is 0. The van der Waals surface area contributed by atoms with Crippen molar-refractivity contribution in [3.63, 3.8) is 0 Å². The first kappa shape index (κ1) is 19.5. The van der Waals surface area contributed by atoms with Gasteiger partial charge in [-0.3, -0.25) is 14.9 Å². The van der Waals surface area contributed by atoms with Crippen molar-refractivity contribution < 1.29 is 9.53 Å². The van der Waals surface area contributed by atoms with Crippen LogP contribution in [0.25, 0.3) is 22.0 Å². The normalized spacial score (nSPS) is 15.1. The Morgan fingerprint density at radius 2 is 2.03 bits per heavy atom. The van der Waals surface area contributed by atoms with Gasteiger partial charge in [0, 0.05) is 49.6 Å². The van der Waals surface area contributed by atoms with E-state index in [0.717, 1.165) is 60.2 Å². The van der Waals surface area contributed by atoms with E-state index in [1.54, 1.807) is 0 Å². The van der Waals surface area contributed by atoms with Crippen LogP contribution in [0, 0.1) is 5.92 Å². The molecule has 4 rings (SSSR count). The Bertz CT molecular complexity index is 992. The number of aromatic nitrogens is 3. The van der Waals surface area contributed by atoms with Crippen molar-refractivity contribution in [2.24, 2.45) is 5.92 Å². The minimum Gasteiger partial charge on any atom is -0.381 e. The lowest BCUT2D eigenvalue weighted by Gasteiger charge is -2.21. The number of hydrogen-bond acceptors (Lipinski definition) is 5. The number of carbonyl (C=O) groups excluding carboxylic acids is 1. The molecule has 152 valence electrons. The van der Waals surface area contributed by atoms with Crippen LogP contribution in [-0.2, 0) is 11.3 Å². The molecule has 0 saturated carbocycles. The molecule has 3 aromatic rings. The number of aromatic amines is 1. The van der Waals surface area contributed by atoms with Gasteiger partial charge in [-0.1, -0.05) is 6.07 Å². The third kappa shape index (κ3) is 4.63. The first-order valence-corrected chi connectivity index (χ1v) is 10.0. The van der Waals surface area contributed by atoms with E-state index in [4.69, 9.17) is 4.74 Å². The highest BCUT2D eigenvalue weighted by Crippen LogP contribution is 2.26. The van der Waals surface area contributed by atoms with Gasteiger partial charge in [0.05, 0.1) is 5.52 Å². The van der Waals surface area contributed by atoms with Gasteiger partial charge in [-0.25, -0.2) is 0 Å². The van der Waals surface area contributed by atoms with Crippen molar-refractivity contribution >= 4 is 16.8 Å². The van der Waals surface area contributed by atoms with Gasteiger partial charge in [-0.05, 0) is 62.2 Å². The van der Waals surface area contributed by atoms with Crippen LogP contribution in [0.1, 0.15) is 28.9 Å². The van der Waals surface area contributed by atoms with Gasteiger partial charge >= 0.3 is 0 Å². The third-order valence-electron chi connectivity index (χ3n) is 5.30. The fraction of sp³-hybridized carbons (Fsp3) is 0.409. The van der Waals surface area contributed by atoms with E-state index < -0.39 is 0 Å². The van der Waals surface area contributed by atoms with E-state index in [9.17, 15) is 4.79 Å². The molecule has 1 saturated heterocycles. The number of nitrogens with zero attached hydrogens (tertiary/aromatic N) is 3. The van der Waals surface area contributed by atoms with Gasteiger partial charge < -0.3 is 15.0 Å². The molecule has 0 spiro atoms. The number of rotatable bonds is 6. The second kappa shape index (κ2) is 8.71. The monoisotopic (exact) mass is 393 g/mol. The Morgan fingerprint density at radius 3 is 2.83 bits per heavy atom. The molecule has 29 heavy (non-hydrogen) atoms. The molecule has 3 heterocycles. The van der Waals surface area contributed by atoms with Crippen LogP contribution in [0.15, 0.2) is 36.7 Å². The van der Waals surface area contributed by atoms with Crippen LogP contribution in [0.3, 0.4) is 0 Å². The largest absolute Gasteiger partial charge is 0.381 e. The molecule has 1 aliphatic heterocycles. The Balaban J connectivity index is 1.55. The highest BCUT2D eigenvalue weighted by Gasteiger charge is 2.18. The molecule has 2 N–H and O–H groups in total. The molecule has 1 amide bonds. The second-order valence-electron chi connectivity index (χ2n) is 7.92. The van der Waals surface area contributed by atoms with Crippen molar-refractivity contribution in [1.82, 2.24) is 25.4 Å². The van der Waals surface area contributed by atoms with Gasteiger partial charge in [0.25, 0.3) is 5.91 Å². The summed E-state index contributed by atoms with van der Waals surface area (Å²) in [6, 6.07) is 8.14. The standard InChI is InChI=1S/C22H27N5O2/c1-27(2)14-16-9-18(13-23-11-16)17-3-4-20-19(10-17)21(26-25-20)22(28)24-12-15-5-7-29-8-6-15/h3-4,9-11,13,15H,5-8,12,14H2,1-2H3,(H,24,28)(H,25,26). The van der Waals surface area contributed by atoms with Crippen LogP contribution in [0.5, 0.6) is 0 Å². The summed E-state index contributed by atoms with van der Waals surface area (Å²) in [5.41, 5.74) is 4.48. The summed E-state index contributed by atoms with van der Waals surface area (Å²) < 4.78 is 5.38. The quantitative estimate of drug-likeness (QED) is 0.673. The van der Waals surface area contributed by atoms with Crippen LogP contribution in [0.4, 0.5) is 0 Å². The summed E-state index contributed by atoms with van der Waals surface area (Å²) in [6.45, 7) is 3.04. The highest BCUT2D eigenvalue weighted by molar-refractivity contribution is 6.05. The first-order valence-electron chi connectivity index (χ1n) is 10.0. The molecule has 0 aliphatic carbocycles. The summed E-state index contributed by atoms with van der Waals surface area (Å²) in [7, 11) is 4.07. The van der Waals surface area contributed by atoms with Crippen molar-refractivity contribution in [1.29, 1.82) is 0 Å². The van der Waals surface area contributed by atoms with E-state index in [1.807, 2.05) is 44.7 Å². The van der Waals surface area contributed by atoms with Gasteiger partial charge in [-0.2, -0.15) is 5.10 Å². The van der Waals surface area contributed by atoms with Gasteiger partial charge in [0.15, 0.2) is 5.69 Å². The number of amides is 1. The molecule has 0 radical (unpaired) electrons. The maximum Gasteiger partial charge on any atom is 0.272 e. The number of fused-ring (bicyclic) bond motifs is 1. The number of hydrogen-bond donors (Lipinski definition) is 2. The van der Waals surface area contributed by atoms with E-state index in [1.165, 1.54) is 0 Å². The minimum absolute atomic E-state index is 0.139. The zero-order valence-corrected chi connectivity index (χ0v) is 16.9. The second-order valence-corrected chi connectivity index (χ2v) is 7.92. The molecular weight excluding hydrogens is 366 g/mol. The number of benzene rings is 1. The molecule has 7 nitrogen and oxygen atoms in total. The van der Waals surface area contributed by atoms with Crippen molar-refractivity contribution in [2.45, 2.75) is 19.4 Å². The molecule has 0 unspecified atom stereocenters. The van der Waals surface area contributed by atoms with Crippen LogP contribution in [0.2, 0.25) is 0 Å². The summed E-state index contributed by atoms with van der Waals surface area (Å²) in [5.74, 6) is 0.332. The number of ether oxygens (including phenoxy) is 1. The Labute approximate surface area is 170 Å². The number of nitrogens with one attached hydrogen (secondary N) is 2. The lowest BCUT2D eigenvalue weighted by Crippen LogP contribution is -2.32. The molecule has 0 bridgehead atoms. The third-order valence-corrected chi connectivity index (χ3v) is 5.30. The molecule has 0 atom stereocenters. The predicted molar refractivity (Wildman–Crippen MR) is 113 cm³/mol. The van der Waals surface area contributed by atoms with E-state index in [2.05, 4.69) is 31.5 Å². The number of H-pyrrole nitrogens is 1. The van der Waals surface area contributed by atoms with Crippen molar-refractivity contribution in [3.8, 4) is 11.1 Å². The Kier molecular flexibility index (Phi) is 5.87. The fourth-order valence-electron chi connectivity index (χ4n) is 3.74. The van der Waals surface area contributed by atoms with Crippen molar-refractivity contribution in [3.05, 3.63) is 47.9 Å². The number of pyridine rings is 1. The molecule has 1 aromatic carbocycles. The van der Waals surface area contributed by atoms with E-state index in [0.29, 0.717) is 18.2 Å². The SMILES string of the molecule is CN(C)Cc1cncc(-c2ccc3[nH]nc(C(=O)NCC4CCOCC4)c3c2)c1. The fourth-order valence-corrected chi connectivity index (χ4v) is 3.74. The average molecular weight is 393 g/mol. The number of carbonyl (C=O) groups is 1. The Morgan fingerprint density at radius 1 is 1.21 bits per heavy atom. The maximum atomic E-state index is 12.7. The van der Waals surface area contributed by atoms with Crippen LogP contribution >= 0.6 is 0 Å². The zero-order valence-electron chi connectivity index (χ0n) is 16.9. The highest BCUT2D eigenvalue weighted by atomic mass is 16.5. The first-order chi connectivity index (χ1) is 14.1. The van der Waals surface area contributed by atoms with E-state index >= 15 is 0 Å². The Hall–Kier alpha value is -2.77. The van der Waals surface area contributed by atoms with Gasteiger partial charge in [-0.15, -0.1) is 0 Å². The smallest absolute Gasteiger partial charge is 0.272 e. The summed E-state index contributed by atoms with van der Waals surface area (Å²) in [5, 5.41) is 11.1. The van der Waals surface area contributed by atoms with Crippen LogP contribution < -0.4 is 5.32 Å². The predicted octanol–water partition coefficient (Wildman–Crippen LogP) is 2.84. The van der Waals surface area contributed by atoms with Crippen LogP contribution in [-0.4, -0.2) is 59.8 Å². The lowest BCUT2D eigenvalue weighted by atomic mass is 10.0. The maximum absolute atomic E-state index is 12.7. The molecule has 1 aliphatic rings. The zero-order chi connectivity index (χ0) is 20.2. The van der Waals surface area contributed by atoms with Gasteiger partial charge in [0.1, 0.15) is 0 Å². The summed E-state index contributed by atoms with van der Waals surface area (Å²) in [4.78, 5) is 19.2. The molecule has 2 aromatic heterocycles. The summed E-state index contributed by atoms with van der Waals surface area (Å²) in [6.07, 6.45) is 5.71. The van der Waals surface area contributed by atoms with Crippen molar-refractivity contribution in [2.75, 3.05) is 33.9 Å². The average Bonchev–Trinajstić information content (AvgIpc) is 3.16. The van der Waals surface area contributed by atoms with E-state index in [-0.39, 0.29) is 5.91 Å². The topological polar surface area (TPSA) is 83.1 Å². The molecule has 7 heteroatoms. The lowest BCUT2D eigenvalue weighted by molar-refractivity contribution is 0.0642.